The molecule has 0 unspecified atom stereocenters. The fraction of sp³-hybridized carbons (Fsp3) is 0.172. The molecule has 0 bridgehead atoms. The third kappa shape index (κ3) is 5.35. The molecule has 3 aromatic carbocycles. The molecule has 3 N–H and O–H groups in total. The van der Waals surface area contributed by atoms with Crippen molar-refractivity contribution in [2.75, 3.05) is 38.2 Å². The molecule has 1 aliphatic rings. The van der Waals surface area contributed by atoms with Crippen molar-refractivity contribution in [1.82, 2.24) is 10.1 Å². The maximum absolute atomic E-state index is 13.1. The Balaban J connectivity index is 1.39. The first-order valence-electron chi connectivity index (χ1n) is 12.2. The average Bonchev–Trinajstić information content (AvgIpc) is 3.37. The number of ether oxygens (including phenoxy) is 1. The van der Waals surface area contributed by atoms with Crippen LogP contribution in [0, 0.1) is 0 Å². The van der Waals surface area contributed by atoms with E-state index in [9.17, 15) is 20.1 Å². The van der Waals surface area contributed by atoms with Crippen LogP contribution in [-0.2, 0) is 4.79 Å². The van der Waals surface area contributed by atoms with Gasteiger partial charge >= 0.3 is 0 Å². The molecule has 1 aliphatic heterocycles. The van der Waals surface area contributed by atoms with Crippen LogP contribution in [0.2, 0.25) is 5.02 Å². The molecule has 1 saturated heterocycles. The Morgan fingerprint density at radius 1 is 1.00 bits per heavy atom. The summed E-state index contributed by atoms with van der Waals surface area (Å²) >= 11 is 6.09. The van der Waals surface area contributed by atoms with Crippen molar-refractivity contribution in [3.8, 4) is 45.4 Å². The Morgan fingerprint density at radius 2 is 1.72 bits per heavy atom. The molecule has 1 amide bonds. The molecule has 1 aromatic heterocycles. The first-order valence-corrected chi connectivity index (χ1v) is 12.6. The molecule has 2 heterocycles. The van der Waals surface area contributed by atoms with Crippen LogP contribution in [0.15, 0.2) is 71.3 Å². The van der Waals surface area contributed by atoms with Gasteiger partial charge in [0.2, 0.25) is 5.91 Å². The van der Waals surface area contributed by atoms with Crippen LogP contribution in [0.25, 0.3) is 28.5 Å². The lowest BCUT2D eigenvalue weighted by molar-refractivity contribution is -0.126. The molecule has 4 aromatic rings. The quantitative estimate of drug-likeness (QED) is 0.284. The zero-order valence-electron chi connectivity index (χ0n) is 21.0. The first-order chi connectivity index (χ1) is 18.9. The molecule has 0 spiro atoms. The maximum Gasteiger partial charge on any atom is 0.246 e. The number of carbonyl (C=O) groups is 1. The van der Waals surface area contributed by atoms with Gasteiger partial charge in [0.05, 0.1) is 28.9 Å². The number of phenols is 3. The predicted octanol–water partition coefficient (Wildman–Crippen LogP) is 5.15. The minimum Gasteiger partial charge on any atom is -0.508 e. The van der Waals surface area contributed by atoms with Crippen LogP contribution in [0.5, 0.6) is 23.0 Å². The number of aromatic hydroxyl groups is 3. The lowest BCUT2D eigenvalue weighted by Crippen LogP contribution is -2.48. The highest BCUT2D eigenvalue weighted by Gasteiger charge is 2.24. The Hall–Kier alpha value is -4.63. The molecular formula is C29H26ClN3O6. The summed E-state index contributed by atoms with van der Waals surface area (Å²) in [6, 6.07) is 16.6. The lowest BCUT2D eigenvalue weighted by Gasteiger charge is -2.36. The van der Waals surface area contributed by atoms with Gasteiger partial charge < -0.3 is 34.4 Å². The van der Waals surface area contributed by atoms with E-state index in [0.717, 1.165) is 17.5 Å². The number of carbonyl (C=O) groups excluding carboxylic acids is 1. The van der Waals surface area contributed by atoms with E-state index < -0.39 is 0 Å². The van der Waals surface area contributed by atoms with Crippen molar-refractivity contribution in [1.29, 1.82) is 0 Å². The topological polar surface area (TPSA) is 120 Å². The van der Waals surface area contributed by atoms with Gasteiger partial charge in [0, 0.05) is 38.3 Å². The number of hydrogen-bond acceptors (Lipinski definition) is 8. The van der Waals surface area contributed by atoms with E-state index in [1.165, 1.54) is 24.3 Å². The Bertz CT molecular complexity index is 1520. The average molecular weight is 548 g/mol. The molecule has 1 fully saturated rings. The number of halogens is 1. The number of anilines is 1. The summed E-state index contributed by atoms with van der Waals surface area (Å²) < 4.78 is 11.1. The van der Waals surface area contributed by atoms with E-state index in [0.29, 0.717) is 43.0 Å². The summed E-state index contributed by atoms with van der Waals surface area (Å²) in [5.41, 5.74) is 2.67. The number of aromatic nitrogens is 1. The zero-order chi connectivity index (χ0) is 27.5. The van der Waals surface area contributed by atoms with Gasteiger partial charge in [-0.3, -0.25) is 4.79 Å². The van der Waals surface area contributed by atoms with E-state index in [2.05, 4.69) is 10.1 Å². The van der Waals surface area contributed by atoms with Crippen molar-refractivity contribution in [3.63, 3.8) is 0 Å². The third-order valence-electron chi connectivity index (χ3n) is 6.59. The van der Waals surface area contributed by atoms with Crippen LogP contribution in [0.1, 0.15) is 5.69 Å². The van der Waals surface area contributed by atoms with Crippen LogP contribution in [0.3, 0.4) is 0 Å². The van der Waals surface area contributed by atoms with Crippen molar-refractivity contribution in [3.05, 3.63) is 77.5 Å². The number of benzene rings is 3. The number of para-hydroxylation sites is 2. The summed E-state index contributed by atoms with van der Waals surface area (Å²) in [7, 11) is 1.64. The van der Waals surface area contributed by atoms with Gasteiger partial charge in [0.25, 0.3) is 0 Å². The van der Waals surface area contributed by atoms with Crippen molar-refractivity contribution in [2.24, 2.45) is 0 Å². The standard InChI is InChI=1S/C29H26ClN3O6/c1-38-26-5-3-2-4-23(26)32-12-14-33(15-13-32)27(37)11-10-22-28(18-6-8-19(34)9-7-18)29(39-31-22)20-16-21(30)25(36)17-24(20)35/h2-11,16-17,34-36H,12-15H2,1H3. The number of hydrogen-bond donors (Lipinski definition) is 3. The fourth-order valence-electron chi connectivity index (χ4n) is 4.55. The summed E-state index contributed by atoms with van der Waals surface area (Å²) in [6.45, 7) is 2.40. The van der Waals surface area contributed by atoms with Gasteiger partial charge in [0.15, 0.2) is 5.76 Å². The second-order valence-electron chi connectivity index (χ2n) is 8.96. The van der Waals surface area contributed by atoms with E-state index >= 15 is 0 Å². The van der Waals surface area contributed by atoms with Crippen LogP contribution >= 0.6 is 11.6 Å². The Kier molecular flexibility index (Phi) is 7.33. The van der Waals surface area contributed by atoms with Crippen LogP contribution in [-0.4, -0.2) is 64.6 Å². The van der Waals surface area contributed by atoms with E-state index in [-0.39, 0.29) is 39.5 Å². The summed E-state index contributed by atoms with van der Waals surface area (Å²) in [6.07, 6.45) is 3.00. The Labute approximate surface area is 229 Å². The second kappa shape index (κ2) is 11.0. The summed E-state index contributed by atoms with van der Waals surface area (Å²) in [4.78, 5) is 17.0. The molecule has 5 rings (SSSR count). The van der Waals surface area contributed by atoms with Crippen molar-refractivity contribution >= 4 is 29.3 Å². The molecule has 200 valence electrons. The highest BCUT2D eigenvalue weighted by Crippen LogP contribution is 2.43. The molecule has 10 heteroatoms. The second-order valence-corrected chi connectivity index (χ2v) is 9.36. The molecule has 39 heavy (non-hydrogen) atoms. The number of amides is 1. The monoisotopic (exact) mass is 547 g/mol. The van der Waals surface area contributed by atoms with Gasteiger partial charge in [-0.2, -0.15) is 0 Å². The lowest BCUT2D eigenvalue weighted by atomic mass is 9.98. The van der Waals surface area contributed by atoms with Gasteiger partial charge in [-0.15, -0.1) is 0 Å². The van der Waals surface area contributed by atoms with Gasteiger partial charge in [-0.1, -0.05) is 41.0 Å². The molecule has 9 nitrogen and oxygen atoms in total. The normalized spacial score (nSPS) is 13.7. The maximum atomic E-state index is 13.1. The van der Waals surface area contributed by atoms with Crippen LogP contribution < -0.4 is 9.64 Å². The minimum absolute atomic E-state index is 0.0235. The number of methoxy groups -OCH3 is 1. The zero-order valence-corrected chi connectivity index (χ0v) is 21.8. The van der Waals surface area contributed by atoms with E-state index in [1.54, 1.807) is 30.2 Å². The molecule has 0 saturated carbocycles. The highest BCUT2D eigenvalue weighted by molar-refractivity contribution is 6.32. The summed E-state index contributed by atoms with van der Waals surface area (Å²) in [5, 5.41) is 34.2. The smallest absolute Gasteiger partial charge is 0.246 e. The first kappa shape index (κ1) is 26.0. The summed E-state index contributed by atoms with van der Waals surface area (Å²) in [5.74, 6) is 0.352. The minimum atomic E-state index is -0.278. The third-order valence-corrected chi connectivity index (χ3v) is 6.89. The Morgan fingerprint density at radius 3 is 2.44 bits per heavy atom. The van der Waals surface area contributed by atoms with E-state index in [1.807, 2.05) is 24.3 Å². The van der Waals surface area contributed by atoms with Gasteiger partial charge in [0.1, 0.15) is 28.7 Å². The molecular weight excluding hydrogens is 522 g/mol. The van der Waals surface area contributed by atoms with E-state index in [4.69, 9.17) is 20.9 Å². The van der Waals surface area contributed by atoms with Crippen LogP contribution in [0.4, 0.5) is 5.69 Å². The molecule has 0 aliphatic carbocycles. The SMILES string of the molecule is COc1ccccc1N1CCN(C(=O)C=Cc2noc(-c3cc(Cl)c(O)cc3O)c2-c2ccc(O)cc2)CC1. The number of piperazine rings is 1. The highest BCUT2D eigenvalue weighted by atomic mass is 35.5. The molecule has 0 atom stereocenters. The number of rotatable bonds is 6. The van der Waals surface area contributed by atoms with Crippen molar-refractivity contribution < 1.29 is 29.4 Å². The van der Waals surface area contributed by atoms with Gasteiger partial charge in [-0.25, -0.2) is 0 Å². The van der Waals surface area contributed by atoms with Crippen molar-refractivity contribution in [2.45, 2.75) is 0 Å². The largest absolute Gasteiger partial charge is 0.508 e. The number of nitrogens with zero attached hydrogens (tertiary/aromatic N) is 3. The van der Waals surface area contributed by atoms with Gasteiger partial charge in [-0.05, 0) is 42.0 Å². The predicted molar refractivity (Wildman–Crippen MR) is 148 cm³/mol. The number of phenolic OH excluding ortho intramolecular Hbond substituents is 3. The molecule has 0 radical (unpaired) electrons. The fourth-order valence-corrected chi connectivity index (χ4v) is 4.72.